The van der Waals surface area contributed by atoms with Gasteiger partial charge in [0.25, 0.3) is 0 Å². The first-order chi connectivity index (χ1) is 9.25. The van der Waals surface area contributed by atoms with Crippen molar-refractivity contribution < 1.29 is 14.2 Å². The Bertz CT molecular complexity index is 630. The zero-order valence-corrected chi connectivity index (χ0v) is 10.3. The Morgan fingerprint density at radius 3 is 3.00 bits per heavy atom. The molecule has 2 saturated heterocycles. The second kappa shape index (κ2) is 3.86. The Morgan fingerprint density at radius 2 is 2.11 bits per heavy atom. The molecule has 0 saturated carbocycles. The summed E-state index contributed by atoms with van der Waals surface area (Å²) in [6.07, 6.45) is 2.52. The van der Waals surface area contributed by atoms with Crippen molar-refractivity contribution in [2.75, 3.05) is 12.5 Å². The van der Waals surface area contributed by atoms with Gasteiger partial charge in [-0.25, -0.2) is 15.0 Å². The summed E-state index contributed by atoms with van der Waals surface area (Å²) in [5, 5.41) is 0. The van der Waals surface area contributed by atoms with E-state index in [-0.39, 0.29) is 24.5 Å². The van der Waals surface area contributed by atoms with E-state index in [0.29, 0.717) is 23.8 Å². The highest BCUT2D eigenvalue weighted by molar-refractivity contribution is 5.81. The number of hydrogen-bond acceptors (Lipinski definition) is 7. The number of aromatic nitrogens is 4. The maximum Gasteiger partial charge on any atom is 0.167 e. The number of imidazole rings is 1. The fourth-order valence-corrected chi connectivity index (χ4v) is 2.69. The lowest BCUT2D eigenvalue weighted by atomic mass is 10.1. The Balaban J connectivity index is 1.81. The molecule has 4 rings (SSSR count). The van der Waals surface area contributed by atoms with Crippen LogP contribution in [0.5, 0.6) is 0 Å². The summed E-state index contributed by atoms with van der Waals surface area (Å²) in [5.74, 6) is 0.356. The van der Waals surface area contributed by atoms with E-state index in [2.05, 4.69) is 15.0 Å². The van der Waals surface area contributed by atoms with E-state index in [1.165, 1.54) is 6.33 Å². The van der Waals surface area contributed by atoms with Crippen molar-refractivity contribution in [2.24, 2.45) is 0 Å². The predicted molar refractivity (Wildman–Crippen MR) is 63.9 cm³/mol. The fraction of sp³-hybridized carbons (Fsp3) is 0.545. The normalized spacial score (nSPS) is 33.9. The van der Waals surface area contributed by atoms with Gasteiger partial charge >= 0.3 is 0 Å². The first-order valence-electron chi connectivity index (χ1n) is 6.07. The van der Waals surface area contributed by atoms with Crippen LogP contribution in [0.25, 0.3) is 11.2 Å². The van der Waals surface area contributed by atoms with Gasteiger partial charge in [0.15, 0.2) is 17.7 Å². The molecule has 2 N–H and O–H groups in total. The minimum atomic E-state index is -0.304. The van der Waals surface area contributed by atoms with Gasteiger partial charge in [0, 0.05) is 0 Å². The number of nitrogens with zero attached hydrogens (tertiary/aromatic N) is 4. The first kappa shape index (κ1) is 11.1. The van der Waals surface area contributed by atoms with Gasteiger partial charge < -0.3 is 19.9 Å². The molecule has 19 heavy (non-hydrogen) atoms. The van der Waals surface area contributed by atoms with Gasteiger partial charge in [0.05, 0.1) is 12.4 Å². The van der Waals surface area contributed by atoms with E-state index in [1.54, 1.807) is 6.33 Å². The third kappa shape index (κ3) is 1.47. The van der Waals surface area contributed by atoms with Gasteiger partial charge in [-0.05, 0) is 6.92 Å². The van der Waals surface area contributed by atoms with Crippen LogP contribution < -0.4 is 5.73 Å². The molecule has 2 fully saturated rings. The maximum atomic E-state index is 5.89. The van der Waals surface area contributed by atoms with Gasteiger partial charge in [-0.15, -0.1) is 0 Å². The van der Waals surface area contributed by atoms with Crippen molar-refractivity contribution in [3.05, 3.63) is 12.7 Å². The quantitative estimate of drug-likeness (QED) is 0.777. The SMILES string of the molecule is C[C@H]1O[C@@H](n2cnc3c(N)ncnc32)[C@@H]2OCO[C@@H]21. The van der Waals surface area contributed by atoms with Crippen molar-refractivity contribution in [2.45, 2.75) is 31.5 Å². The van der Waals surface area contributed by atoms with Crippen LogP contribution in [-0.2, 0) is 14.2 Å². The maximum absolute atomic E-state index is 5.89. The molecule has 100 valence electrons. The van der Waals surface area contributed by atoms with Crippen LogP contribution in [0.2, 0.25) is 0 Å². The van der Waals surface area contributed by atoms with Crippen LogP contribution in [0.4, 0.5) is 5.82 Å². The number of nitrogen functional groups attached to an aromatic ring is 1. The van der Waals surface area contributed by atoms with E-state index in [1.807, 2.05) is 11.5 Å². The molecule has 0 bridgehead atoms. The predicted octanol–water partition coefficient (Wildman–Crippen LogP) is 0.0673. The molecule has 0 aromatic carbocycles. The van der Waals surface area contributed by atoms with E-state index < -0.39 is 0 Å². The molecule has 2 aliphatic heterocycles. The summed E-state index contributed by atoms with van der Waals surface area (Å²) in [6.45, 7) is 2.26. The Hall–Kier alpha value is -1.77. The van der Waals surface area contributed by atoms with E-state index in [4.69, 9.17) is 19.9 Å². The second-order valence-corrected chi connectivity index (χ2v) is 4.70. The smallest absolute Gasteiger partial charge is 0.167 e. The van der Waals surface area contributed by atoms with Crippen molar-refractivity contribution >= 4 is 17.0 Å². The van der Waals surface area contributed by atoms with Gasteiger partial charge in [0.2, 0.25) is 0 Å². The molecule has 2 aromatic rings. The molecule has 0 amide bonds. The van der Waals surface area contributed by atoms with Crippen LogP contribution in [-0.4, -0.2) is 44.6 Å². The highest BCUT2D eigenvalue weighted by Gasteiger charge is 2.49. The topological polar surface area (TPSA) is 97.3 Å². The van der Waals surface area contributed by atoms with Crippen molar-refractivity contribution in [1.29, 1.82) is 0 Å². The minimum absolute atomic E-state index is 0.0332. The molecule has 0 aliphatic carbocycles. The average molecular weight is 263 g/mol. The Morgan fingerprint density at radius 1 is 1.26 bits per heavy atom. The van der Waals surface area contributed by atoms with Gasteiger partial charge in [-0.1, -0.05) is 0 Å². The fourth-order valence-electron chi connectivity index (χ4n) is 2.69. The average Bonchev–Trinajstić information content (AvgIpc) is 3.07. The molecular weight excluding hydrogens is 250 g/mol. The molecule has 0 radical (unpaired) electrons. The van der Waals surface area contributed by atoms with Crippen LogP contribution >= 0.6 is 0 Å². The summed E-state index contributed by atoms with van der Waals surface area (Å²) >= 11 is 0. The van der Waals surface area contributed by atoms with E-state index in [0.717, 1.165) is 0 Å². The van der Waals surface area contributed by atoms with Crippen LogP contribution in [0, 0.1) is 0 Å². The number of rotatable bonds is 1. The standard InChI is InChI=1S/C11H13N5O3/c1-5-7-8(18-4-17-7)11(19-5)16-3-15-6-9(12)13-2-14-10(6)16/h2-3,5,7-8,11H,4H2,1H3,(H2,12,13,14)/t5-,7-,8-,11-/m1/s1. The summed E-state index contributed by atoms with van der Waals surface area (Å²) in [6, 6.07) is 0. The van der Waals surface area contributed by atoms with Crippen molar-refractivity contribution in [1.82, 2.24) is 19.5 Å². The summed E-state index contributed by atoms with van der Waals surface area (Å²) in [7, 11) is 0. The minimum Gasteiger partial charge on any atom is -0.382 e. The number of hydrogen-bond donors (Lipinski definition) is 1. The van der Waals surface area contributed by atoms with Crippen molar-refractivity contribution in [3.8, 4) is 0 Å². The zero-order chi connectivity index (χ0) is 13.0. The number of anilines is 1. The van der Waals surface area contributed by atoms with Crippen LogP contribution in [0.1, 0.15) is 13.2 Å². The molecule has 4 atom stereocenters. The third-order valence-corrected chi connectivity index (χ3v) is 3.60. The lowest BCUT2D eigenvalue weighted by Gasteiger charge is -2.17. The zero-order valence-electron chi connectivity index (χ0n) is 10.3. The molecule has 4 heterocycles. The van der Waals surface area contributed by atoms with Gasteiger partial charge in [-0.2, -0.15) is 0 Å². The molecule has 8 heteroatoms. The highest BCUT2D eigenvalue weighted by Crippen LogP contribution is 2.38. The molecule has 8 nitrogen and oxygen atoms in total. The molecule has 0 unspecified atom stereocenters. The van der Waals surface area contributed by atoms with Gasteiger partial charge in [0.1, 0.15) is 30.8 Å². The lowest BCUT2D eigenvalue weighted by molar-refractivity contribution is -0.0919. The number of nitrogens with two attached hydrogens (primary N) is 1. The Kier molecular flexibility index (Phi) is 2.25. The van der Waals surface area contributed by atoms with E-state index in [9.17, 15) is 0 Å². The monoisotopic (exact) mass is 263 g/mol. The summed E-state index contributed by atoms with van der Waals surface area (Å²) in [5.41, 5.74) is 6.99. The van der Waals surface area contributed by atoms with Crippen LogP contribution in [0.3, 0.4) is 0 Å². The largest absolute Gasteiger partial charge is 0.382 e. The highest BCUT2D eigenvalue weighted by atomic mass is 16.7. The summed E-state index contributed by atoms with van der Waals surface area (Å²) in [4.78, 5) is 12.4. The Labute approximate surface area is 108 Å². The van der Waals surface area contributed by atoms with E-state index >= 15 is 0 Å². The second-order valence-electron chi connectivity index (χ2n) is 4.70. The number of ether oxygens (including phenoxy) is 3. The molecule has 2 aromatic heterocycles. The van der Waals surface area contributed by atoms with Crippen molar-refractivity contribution in [3.63, 3.8) is 0 Å². The summed E-state index contributed by atoms with van der Waals surface area (Å²) < 4.78 is 18.8. The third-order valence-electron chi connectivity index (χ3n) is 3.60. The van der Waals surface area contributed by atoms with Crippen LogP contribution in [0.15, 0.2) is 12.7 Å². The first-order valence-corrected chi connectivity index (χ1v) is 6.07. The number of fused-ring (bicyclic) bond motifs is 2. The molecule has 2 aliphatic rings. The van der Waals surface area contributed by atoms with Gasteiger partial charge in [-0.3, -0.25) is 4.57 Å². The lowest BCUT2D eigenvalue weighted by Crippen LogP contribution is -2.27. The molecular formula is C11H13N5O3. The molecule has 0 spiro atoms.